The zero-order chi connectivity index (χ0) is 18.9. The Hall–Kier alpha value is -2.53. The molecule has 5 nitrogen and oxygen atoms in total. The molecule has 27 heavy (non-hydrogen) atoms. The van der Waals surface area contributed by atoms with Crippen LogP contribution >= 0.6 is 0 Å². The molecule has 0 saturated carbocycles. The van der Waals surface area contributed by atoms with Gasteiger partial charge in [-0.25, -0.2) is 4.79 Å². The lowest BCUT2D eigenvalue weighted by Gasteiger charge is -2.34. The number of nitrogens with zero attached hydrogens (tertiary/aromatic N) is 2. The molecule has 2 amide bonds. The molecule has 1 saturated heterocycles. The third kappa shape index (κ3) is 6.00. The van der Waals surface area contributed by atoms with E-state index in [1.165, 1.54) is 11.1 Å². The van der Waals surface area contributed by atoms with Crippen molar-refractivity contribution in [1.29, 1.82) is 0 Å². The molecule has 1 heterocycles. The Morgan fingerprint density at radius 1 is 0.963 bits per heavy atom. The number of carbonyl (C=O) groups excluding carboxylic acids is 1. The van der Waals surface area contributed by atoms with Crippen LogP contribution in [0.1, 0.15) is 17.5 Å². The normalized spacial score (nSPS) is 14.8. The molecule has 0 bridgehead atoms. The minimum Gasteiger partial charge on any atom is -0.497 e. The number of aryl methyl sites for hydroxylation is 1. The van der Waals surface area contributed by atoms with Crippen LogP contribution < -0.4 is 10.1 Å². The summed E-state index contributed by atoms with van der Waals surface area (Å²) in [6.45, 7) is 5.09. The molecule has 0 atom stereocenters. The van der Waals surface area contributed by atoms with Crippen LogP contribution in [0.3, 0.4) is 0 Å². The van der Waals surface area contributed by atoms with Crippen LogP contribution in [0.15, 0.2) is 54.6 Å². The molecule has 0 radical (unpaired) electrons. The first-order valence-corrected chi connectivity index (χ1v) is 9.66. The molecule has 0 aliphatic carbocycles. The van der Waals surface area contributed by atoms with Crippen molar-refractivity contribution in [2.75, 3.05) is 39.8 Å². The molecule has 1 fully saturated rings. The number of rotatable bonds is 7. The third-order valence-corrected chi connectivity index (χ3v) is 4.99. The number of urea groups is 1. The number of ether oxygens (including phenoxy) is 1. The van der Waals surface area contributed by atoms with Gasteiger partial charge in [0.25, 0.3) is 0 Å². The highest BCUT2D eigenvalue weighted by molar-refractivity contribution is 5.74. The van der Waals surface area contributed by atoms with Gasteiger partial charge in [-0.15, -0.1) is 0 Å². The second-order valence-corrected chi connectivity index (χ2v) is 6.93. The summed E-state index contributed by atoms with van der Waals surface area (Å²) in [4.78, 5) is 16.7. The highest BCUT2D eigenvalue weighted by Gasteiger charge is 2.20. The average molecular weight is 367 g/mol. The predicted molar refractivity (Wildman–Crippen MR) is 108 cm³/mol. The van der Waals surface area contributed by atoms with Crippen LogP contribution in [0, 0.1) is 0 Å². The van der Waals surface area contributed by atoms with Crippen molar-refractivity contribution in [3.05, 3.63) is 65.7 Å². The van der Waals surface area contributed by atoms with Crippen molar-refractivity contribution in [2.45, 2.75) is 19.4 Å². The fourth-order valence-corrected chi connectivity index (χ4v) is 3.34. The highest BCUT2D eigenvalue weighted by Crippen LogP contribution is 2.12. The summed E-state index contributed by atoms with van der Waals surface area (Å²) in [5.74, 6) is 0.874. The molecule has 2 aromatic rings. The van der Waals surface area contributed by atoms with Crippen molar-refractivity contribution >= 4 is 6.03 Å². The average Bonchev–Trinajstić information content (AvgIpc) is 2.73. The van der Waals surface area contributed by atoms with Gasteiger partial charge in [-0.3, -0.25) is 4.90 Å². The highest BCUT2D eigenvalue weighted by atomic mass is 16.5. The summed E-state index contributed by atoms with van der Waals surface area (Å²) >= 11 is 0. The SMILES string of the molecule is COc1ccc(CCCNC(=O)N2CCN(Cc3ccccc3)CC2)cc1. The molecule has 2 aromatic carbocycles. The Bertz CT molecular complexity index is 695. The van der Waals surface area contributed by atoms with Gasteiger partial charge in [0.2, 0.25) is 0 Å². The second kappa shape index (κ2) is 9.97. The first kappa shape index (κ1) is 19.2. The van der Waals surface area contributed by atoms with E-state index in [0.29, 0.717) is 6.54 Å². The topological polar surface area (TPSA) is 44.8 Å². The maximum absolute atomic E-state index is 12.3. The Morgan fingerprint density at radius 2 is 1.67 bits per heavy atom. The van der Waals surface area contributed by atoms with Gasteiger partial charge in [-0.1, -0.05) is 42.5 Å². The summed E-state index contributed by atoms with van der Waals surface area (Å²) in [7, 11) is 1.67. The molecule has 0 unspecified atom stereocenters. The van der Waals surface area contributed by atoms with E-state index in [1.807, 2.05) is 23.1 Å². The Kier molecular flexibility index (Phi) is 7.11. The Balaban J connectivity index is 1.32. The summed E-state index contributed by atoms with van der Waals surface area (Å²) in [6.07, 6.45) is 1.89. The fourth-order valence-electron chi connectivity index (χ4n) is 3.34. The van der Waals surface area contributed by atoms with E-state index >= 15 is 0 Å². The lowest BCUT2D eigenvalue weighted by atomic mass is 10.1. The van der Waals surface area contributed by atoms with Crippen molar-refractivity contribution in [3.63, 3.8) is 0 Å². The fraction of sp³-hybridized carbons (Fsp3) is 0.409. The second-order valence-electron chi connectivity index (χ2n) is 6.93. The van der Waals surface area contributed by atoms with Gasteiger partial charge < -0.3 is 15.0 Å². The zero-order valence-electron chi connectivity index (χ0n) is 16.1. The molecule has 5 heteroatoms. The predicted octanol–water partition coefficient (Wildman–Crippen LogP) is 3.16. The molecular formula is C22H29N3O2. The number of hydrogen-bond donors (Lipinski definition) is 1. The van der Waals surface area contributed by atoms with E-state index in [1.54, 1.807) is 7.11 Å². The number of methoxy groups -OCH3 is 1. The number of amides is 2. The number of hydrogen-bond acceptors (Lipinski definition) is 3. The number of piperazine rings is 1. The summed E-state index contributed by atoms with van der Waals surface area (Å²) in [5.41, 5.74) is 2.59. The number of benzene rings is 2. The van der Waals surface area contributed by atoms with E-state index in [9.17, 15) is 4.79 Å². The van der Waals surface area contributed by atoms with Crippen LogP contribution in [-0.4, -0.2) is 55.7 Å². The molecule has 1 aliphatic rings. The van der Waals surface area contributed by atoms with Crippen molar-refractivity contribution in [2.24, 2.45) is 0 Å². The van der Waals surface area contributed by atoms with Gasteiger partial charge in [0, 0.05) is 39.3 Å². The standard InChI is InChI=1S/C22H29N3O2/c1-27-21-11-9-19(10-12-21)8-5-13-23-22(26)25-16-14-24(15-17-25)18-20-6-3-2-4-7-20/h2-4,6-7,9-12H,5,8,13-18H2,1H3,(H,23,26). The van der Waals surface area contributed by atoms with Crippen LogP contribution in [0.2, 0.25) is 0 Å². The van der Waals surface area contributed by atoms with Gasteiger partial charge in [0.15, 0.2) is 0 Å². The van der Waals surface area contributed by atoms with Gasteiger partial charge in [0.05, 0.1) is 7.11 Å². The molecular weight excluding hydrogens is 338 g/mol. The molecule has 0 aromatic heterocycles. The summed E-state index contributed by atoms with van der Waals surface area (Å²) in [5, 5.41) is 3.05. The van der Waals surface area contributed by atoms with E-state index in [4.69, 9.17) is 4.74 Å². The van der Waals surface area contributed by atoms with Gasteiger partial charge in [-0.2, -0.15) is 0 Å². The maximum atomic E-state index is 12.3. The zero-order valence-corrected chi connectivity index (χ0v) is 16.1. The van der Waals surface area contributed by atoms with Crippen molar-refractivity contribution < 1.29 is 9.53 Å². The van der Waals surface area contributed by atoms with Crippen LogP contribution in [-0.2, 0) is 13.0 Å². The summed E-state index contributed by atoms with van der Waals surface area (Å²) in [6, 6.07) is 18.7. The molecule has 144 valence electrons. The van der Waals surface area contributed by atoms with Crippen molar-refractivity contribution in [3.8, 4) is 5.75 Å². The first-order chi connectivity index (χ1) is 13.2. The Labute approximate surface area is 161 Å². The van der Waals surface area contributed by atoms with Crippen LogP contribution in [0.25, 0.3) is 0 Å². The van der Waals surface area contributed by atoms with Gasteiger partial charge in [-0.05, 0) is 36.1 Å². The van der Waals surface area contributed by atoms with E-state index in [-0.39, 0.29) is 6.03 Å². The Morgan fingerprint density at radius 3 is 2.33 bits per heavy atom. The molecule has 1 N–H and O–H groups in total. The minimum atomic E-state index is 0.0593. The largest absolute Gasteiger partial charge is 0.497 e. The van der Waals surface area contributed by atoms with E-state index < -0.39 is 0 Å². The lowest BCUT2D eigenvalue weighted by molar-refractivity contribution is 0.135. The molecule has 0 spiro atoms. The first-order valence-electron chi connectivity index (χ1n) is 9.66. The van der Waals surface area contributed by atoms with Crippen LogP contribution in [0.5, 0.6) is 5.75 Å². The molecule has 3 rings (SSSR count). The van der Waals surface area contributed by atoms with Crippen LogP contribution in [0.4, 0.5) is 4.79 Å². The van der Waals surface area contributed by atoms with E-state index in [0.717, 1.165) is 51.3 Å². The molecule has 1 aliphatic heterocycles. The smallest absolute Gasteiger partial charge is 0.317 e. The monoisotopic (exact) mass is 367 g/mol. The van der Waals surface area contributed by atoms with Crippen molar-refractivity contribution in [1.82, 2.24) is 15.1 Å². The number of carbonyl (C=O) groups is 1. The third-order valence-electron chi connectivity index (χ3n) is 4.99. The van der Waals surface area contributed by atoms with Gasteiger partial charge in [0.1, 0.15) is 5.75 Å². The van der Waals surface area contributed by atoms with E-state index in [2.05, 4.69) is 46.6 Å². The van der Waals surface area contributed by atoms with Gasteiger partial charge >= 0.3 is 6.03 Å². The maximum Gasteiger partial charge on any atom is 0.317 e. The quantitative estimate of drug-likeness (QED) is 0.765. The number of nitrogens with one attached hydrogen (secondary N) is 1. The summed E-state index contributed by atoms with van der Waals surface area (Å²) < 4.78 is 5.17. The lowest BCUT2D eigenvalue weighted by Crippen LogP contribution is -2.51. The minimum absolute atomic E-state index is 0.0593.